The second-order valence-electron chi connectivity index (χ2n) is 6.05. The van der Waals surface area contributed by atoms with Crippen molar-refractivity contribution in [3.8, 4) is 22.8 Å². The van der Waals surface area contributed by atoms with E-state index >= 15 is 0 Å². The molecule has 0 saturated heterocycles. The minimum absolute atomic E-state index is 0. The standard InChI is InChI=1S/C18H24N4O4S.ClH/c1-25-11-6-7-12(15(9-11)26-2)14-10-16(23)21-18(27)22(14)8-4-3-5-13(19)17(20)24;/h6-7,9-10,13H,3-5,8,19H2,1-2H3,(H2,20,24)(H,21,23,27);1H. The normalized spacial score (nSPS) is 11.4. The topological polar surface area (TPSA) is 125 Å². The maximum atomic E-state index is 12.0. The summed E-state index contributed by atoms with van der Waals surface area (Å²) in [5, 5.41) is 0. The molecular formula is C18H25ClN4O4S. The van der Waals surface area contributed by atoms with Crippen LogP contribution in [-0.2, 0) is 11.3 Å². The molecule has 2 rings (SSSR count). The number of primary amides is 1. The van der Waals surface area contributed by atoms with Crippen LogP contribution in [0.15, 0.2) is 29.1 Å². The summed E-state index contributed by atoms with van der Waals surface area (Å²) in [6, 6.07) is 6.18. The van der Waals surface area contributed by atoms with Gasteiger partial charge in [0, 0.05) is 24.2 Å². The van der Waals surface area contributed by atoms with Gasteiger partial charge in [-0.25, -0.2) is 0 Å². The van der Waals surface area contributed by atoms with Gasteiger partial charge in [0.1, 0.15) is 11.5 Å². The number of unbranched alkanes of at least 4 members (excludes halogenated alkanes) is 1. The Morgan fingerprint density at radius 3 is 2.57 bits per heavy atom. The first-order valence-corrected chi connectivity index (χ1v) is 8.89. The van der Waals surface area contributed by atoms with Crippen molar-refractivity contribution in [2.75, 3.05) is 14.2 Å². The average Bonchev–Trinajstić information content (AvgIpc) is 2.65. The van der Waals surface area contributed by atoms with Gasteiger partial charge < -0.3 is 25.5 Å². The molecule has 1 atom stereocenters. The zero-order chi connectivity index (χ0) is 20.0. The van der Waals surface area contributed by atoms with E-state index in [0.29, 0.717) is 47.8 Å². The summed E-state index contributed by atoms with van der Waals surface area (Å²) in [4.78, 5) is 25.6. The van der Waals surface area contributed by atoms with Crippen molar-refractivity contribution in [3.05, 3.63) is 39.4 Å². The molecule has 28 heavy (non-hydrogen) atoms. The van der Waals surface area contributed by atoms with Gasteiger partial charge in [-0.2, -0.15) is 0 Å². The number of benzene rings is 1. The SMILES string of the molecule is COc1ccc(-c2cc(=O)[nH]c(=S)n2CCCCC(N)C(N)=O)c(OC)c1.Cl. The number of methoxy groups -OCH3 is 2. The number of halogens is 1. The fraction of sp³-hybridized carbons (Fsp3) is 0.389. The van der Waals surface area contributed by atoms with Crippen LogP contribution in [0.5, 0.6) is 11.5 Å². The lowest BCUT2D eigenvalue weighted by Gasteiger charge is -2.17. The Hall–Kier alpha value is -2.36. The van der Waals surface area contributed by atoms with Crippen LogP contribution in [0.3, 0.4) is 0 Å². The summed E-state index contributed by atoms with van der Waals surface area (Å²) >= 11 is 5.34. The maximum absolute atomic E-state index is 12.0. The van der Waals surface area contributed by atoms with Crippen molar-refractivity contribution in [1.82, 2.24) is 9.55 Å². The van der Waals surface area contributed by atoms with Crippen molar-refractivity contribution < 1.29 is 14.3 Å². The number of nitrogens with two attached hydrogens (primary N) is 2. The van der Waals surface area contributed by atoms with Crippen LogP contribution in [-0.4, -0.2) is 35.7 Å². The molecule has 8 nitrogen and oxygen atoms in total. The average molecular weight is 429 g/mol. The molecular weight excluding hydrogens is 404 g/mol. The van der Waals surface area contributed by atoms with Crippen LogP contribution >= 0.6 is 24.6 Å². The van der Waals surface area contributed by atoms with Gasteiger partial charge in [0.15, 0.2) is 4.77 Å². The minimum atomic E-state index is -0.658. The van der Waals surface area contributed by atoms with Crippen molar-refractivity contribution in [1.29, 1.82) is 0 Å². The summed E-state index contributed by atoms with van der Waals surface area (Å²) < 4.78 is 12.8. The van der Waals surface area contributed by atoms with Gasteiger partial charge in [-0.15, -0.1) is 12.4 Å². The van der Waals surface area contributed by atoms with Crippen LogP contribution in [0.4, 0.5) is 0 Å². The number of aromatic amines is 1. The van der Waals surface area contributed by atoms with E-state index in [1.807, 2.05) is 10.6 Å². The number of H-pyrrole nitrogens is 1. The molecule has 1 aromatic heterocycles. The molecule has 0 spiro atoms. The van der Waals surface area contributed by atoms with Crippen molar-refractivity contribution in [3.63, 3.8) is 0 Å². The van der Waals surface area contributed by atoms with Crippen LogP contribution in [0.25, 0.3) is 11.3 Å². The summed E-state index contributed by atoms with van der Waals surface area (Å²) in [5.41, 5.74) is 11.9. The highest BCUT2D eigenvalue weighted by Crippen LogP contribution is 2.32. The van der Waals surface area contributed by atoms with Gasteiger partial charge in [0.25, 0.3) is 5.56 Å². The Bertz CT molecular complexity index is 929. The molecule has 1 heterocycles. The molecule has 0 fully saturated rings. The highest BCUT2D eigenvalue weighted by atomic mass is 35.5. The predicted octanol–water partition coefficient (Wildman–Crippen LogP) is 1.99. The Kier molecular flexibility index (Phi) is 9.17. The Balaban J connectivity index is 0.00000392. The number of carbonyl (C=O) groups is 1. The lowest BCUT2D eigenvalue weighted by molar-refractivity contribution is -0.119. The molecule has 5 N–H and O–H groups in total. The van der Waals surface area contributed by atoms with Crippen LogP contribution in [0, 0.1) is 4.77 Å². The number of hydrogen-bond donors (Lipinski definition) is 3. The smallest absolute Gasteiger partial charge is 0.252 e. The molecule has 1 unspecified atom stereocenters. The Labute approximate surface area is 174 Å². The van der Waals surface area contributed by atoms with Gasteiger partial charge in [0.2, 0.25) is 5.91 Å². The number of nitrogens with zero attached hydrogens (tertiary/aromatic N) is 1. The van der Waals surface area contributed by atoms with Gasteiger partial charge in [-0.1, -0.05) is 0 Å². The molecule has 10 heteroatoms. The first kappa shape index (κ1) is 23.7. The third kappa shape index (κ3) is 5.82. The third-order valence-corrected chi connectivity index (χ3v) is 4.55. The quantitative estimate of drug-likeness (QED) is 0.414. The third-order valence-electron chi connectivity index (χ3n) is 4.23. The van der Waals surface area contributed by atoms with Crippen LogP contribution in [0.2, 0.25) is 0 Å². The zero-order valence-electron chi connectivity index (χ0n) is 15.8. The second-order valence-corrected chi connectivity index (χ2v) is 6.43. The maximum Gasteiger partial charge on any atom is 0.252 e. The van der Waals surface area contributed by atoms with E-state index in [2.05, 4.69) is 4.98 Å². The van der Waals surface area contributed by atoms with Crippen molar-refractivity contribution >= 4 is 30.5 Å². The molecule has 0 bridgehead atoms. The number of aromatic nitrogens is 2. The van der Waals surface area contributed by atoms with Crippen LogP contribution in [0.1, 0.15) is 19.3 Å². The largest absolute Gasteiger partial charge is 0.497 e. The number of ether oxygens (including phenoxy) is 2. The molecule has 0 aliphatic carbocycles. The van der Waals surface area contributed by atoms with Gasteiger partial charge in [-0.3, -0.25) is 14.6 Å². The van der Waals surface area contributed by atoms with Crippen molar-refractivity contribution in [2.24, 2.45) is 11.5 Å². The summed E-state index contributed by atoms with van der Waals surface area (Å²) in [5.74, 6) is 0.698. The lowest BCUT2D eigenvalue weighted by Crippen LogP contribution is -2.36. The number of amides is 1. The number of hydrogen-bond acceptors (Lipinski definition) is 6. The number of carbonyl (C=O) groups excluding carboxylic acids is 1. The molecule has 2 aromatic rings. The van der Waals surface area contributed by atoms with Gasteiger partial charge in [-0.05, 0) is 43.6 Å². The van der Waals surface area contributed by atoms with E-state index in [1.54, 1.807) is 26.4 Å². The monoisotopic (exact) mass is 428 g/mol. The van der Waals surface area contributed by atoms with E-state index in [4.69, 9.17) is 33.2 Å². The fourth-order valence-corrected chi connectivity index (χ4v) is 3.04. The first-order valence-electron chi connectivity index (χ1n) is 8.48. The molecule has 0 saturated carbocycles. The Morgan fingerprint density at radius 2 is 1.96 bits per heavy atom. The zero-order valence-corrected chi connectivity index (χ0v) is 17.4. The summed E-state index contributed by atoms with van der Waals surface area (Å²) in [6.45, 7) is 0.547. The molecule has 0 radical (unpaired) electrons. The molecule has 1 aromatic carbocycles. The fourth-order valence-electron chi connectivity index (χ4n) is 2.75. The van der Waals surface area contributed by atoms with E-state index in [1.165, 1.54) is 6.07 Å². The van der Waals surface area contributed by atoms with Crippen molar-refractivity contribution in [2.45, 2.75) is 31.8 Å². The predicted molar refractivity (Wildman–Crippen MR) is 113 cm³/mol. The Morgan fingerprint density at radius 1 is 1.25 bits per heavy atom. The molecule has 0 aliphatic rings. The van der Waals surface area contributed by atoms with Crippen LogP contribution < -0.4 is 26.5 Å². The molecule has 1 amide bonds. The highest BCUT2D eigenvalue weighted by Gasteiger charge is 2.14. The summed E-state index contributed by atoms with van der Waals surface area (Å²) in [6.07, 6.45) is 1.91. The minimum Gasteiger partial charge on any atom is -0.497 e. The molecule has 0 aliphatic heterocycles. The van der Waals surface area contributed by atoms with Gasteiger partial charge in [0.05, 0.1) is 26.0 Å². The van der Waals surface area contributed by atoms with E-state index in [9.17, 15) is 9.59 Å². The van der Waals surface area contributed by atoms with E-state index in [-0.39, 0.29) is 18.0 Å². The van der Waals surface area contributed by atoms with E-state index in [0.717, 1.165) is 5.56 Å². The number of rotatable bonds is 9. The highest BCUT2D eigenvalue weighted by molar-refractivity contribution is 7.71. The van der Waals surface area contributed by atoms with E-state index < -0.39 is 11.9 Å². The molecule has 154 valence electrons. The van der Waals surface area contributed by atoms with Gasteiger partial charge >= 0.3 is 0 Å². The second kappa shape index (κ2) is 10.8. The first-order chi connectivity index (χ1) is 12.9. The number of nitrogens with one attached hydrogen (secondary N) is 1. The summed E-state index contributed by atoms with van der Waals surface area (Å²) in [7, 11) is 3.12. The lowest BCUT2D eigenvalue weighted by atomic mass is 10.1.